The summed E-state index contributed by atoms with van der Waals surface area (Å²) in [6.45, 7) is 4.09. The van der Waals surface area contributed by atoms with Crippen molar-refractivity contribution in [1.82, 2.24) is 9.62 Å². The number of methoxy groups -OCH3 is 1. The molecule has 1 fully saturated rings. The maximum absolute atomic E-state index is 12.9. The average Bonchev–Trinajstić information content (AvgIpc) is 2.82. The predicted molar refractivity (Wildman–Crippen MR) is 126 cm³/mol. The van der Waals surface area contributed by atoms with Gasteiger partial charge in [-0.25, -0.2) is 8.42 Å². The molecule has 0 bridgehead atoms. The molecule has 32 heavy (non-hydrogen) atoms. The minimum atomic E-state index is -3.60. The highest BCUT2D eigenvalue weighted by molar-refractivity contribution is 7.99. The Morgan fingerprint density at radius 1 is 1.16 bits per heavy atom. The molecule has 0 aromatic heterocycles. The first-order valence-electron chi connectivity index (χ1n) is 10.6. The van der Waals surface area contributed by atoms with Gasteiger partial charge in [-0.2, -0.15) is 4.31 Å². The lowest BCUT2D eigenvalue weighted by molar-refractivity contribution is -0.120. The minimum absolute atomic E-state index is 0.0713. The number of hydrogen-bond acceptors (Lipinski definition) is 6. The highest BCUT2D eigenvalue weighted by atomic mass is 32.2. The number of hydrogen-bond donors (Lipinski definition) is 1. The third-order valence-electron chi connectivity index (χ3n) is 5.20. The summed E-state index contributed by atoms with van der Waals surface area (Å²) in [5.41, 5.74) is 1.92. The number of carbonyl (C=O) groups is 1. The molecule has 7 nitrogen and oxygen atoms in total. The average molecular weight is 479 g/mol. The summed E-state index contributed by atoms with van der Waals surface area (Å²) in [6, 6.07) is 13.1. The lowest BCUT2D eigenvalue weighted by atomic mass is 10.1. The van der Waals surface area contributed by atoms with Gasteiger partial charge in [0.05, 0.1) is 25.2 Å². The number of rotatable bonds is 10. The Balaban J connectivity index is 1.53. The normalized spacial score (nSPS) is 14.8. The topological polar surface area (TPSA) is 84.9 Å². The highest BCUT2D eigenvalue weighted by Crippen LogP contribution is 2.26. The van der Waals surface area contributed by atoms with Gasteiger partial charge in [-0.05, 0) is 49.2 Å². The Kier molecular flexibility index (Phi) is 8.98. The number of carbonyl (C=O) groups excluding carboxylic acids is 1. The van der Waals surface area contributed by atoms with Crippen molar-refractivity contribution in [3.63, 3.8) is 0 Å². The summed E-state index contributed by atoms with van der Waals surface area (Å²) >= 11 is 1.69. The Hall–Kier alpha value is -2.07. The highest BCUT2D eigenvalue weighted by Gasteiger charge is 2.27. The maximum atomic E-state index is 12.9. The van der Waals surface area contributed by atoms with E-state index >= 15 is 0 Å². The number of benzene rings is 2. The van der Waals surface area contributed by atoms with Crippen LogP contribution >= 0.6 is 11.8 Å². The van der Waals surface area contributed by atoms with Crippen molar-refractivity contribution >= 4 is 27.7 Å². The van der Waals surface area contributed by atoms with Gasteiger partial charge in [0.25, 0.3) is 0 Å². The Morgan fingerprint density at radius 3 is 2.56 bits per heavy atom. The monoisotopic (exact) mass is 478 g/mol. The number of nitrogens with zero attached hydrogens (tertiary/aromatic N) is 1. The molecule has 2 aromatic rings. The van der Waals surface area contributed by atoms with Gasteiger partial charge in [0.2, 0.25) is 15.9 Å². The van der Waals surface area contributed by atoms with Crippen LogP contribution in [-0.4, -0.2) is 64.3 Å². The second-order valence-corrected chi connectivity index (χ2v) is 10.6. The summed E-state index contributed by atoms with van der Waals surface area (Å²) < 4.78 is 37.9. The van der Waals surface area contributed by atoms with E-state index in [-0.39, 0.29) is 17.2 Å². The zero-order valence-corrected chi connectivity index (χ0v) is 20.1. The molecule has 0 atom stereocenters. The molecule has 9 heteroatoms. The number of amides is 1. The van der Waals surface area contributed by atoms with Crippen molar-refractivity contribution in [2.24, 2.45) is 0 Å². The molecular weight excluding hydrogens is 448 g/mol. The molecule has 1 saturated heterocycles. The molecule has 1 aliphatic rings. The molecule has 174 valence electrons. The van der Waals surface area contributed by atoms with E-state index in [4.69, 9.17) is 9.47 Å². The first kappa shape index (κ1) is 24.6. The number of ether oxygens (including phenoxy) is 2. The Labute approximate surface area is 194 Å². The first-order chi connectivity index (χ1) is 15.4. The van der Waals surface area contributed by atoms with Gasteiger partial charge >= 0.3 is 0 Å². The van der Waals surface area contributed by atoms with Crippen LogP contribution in [0.1, 0.15) is 17.5 Å². The van der Waals surface area contributed by atoms with Crippen molar-refractivity contribution in [3.05, 3.63) is 53.6 Å². The van der Waals surface area contributed by atoms with Gasteiger partial charge in [-0.3, -0.25) is 4.79 Å². The molecular formula is C23H30N2O5S2. The largest absolute Gasteiger partial charge is 0.496 e. The number of aryl methyl sites for hydroxylation is 2. The fourth-order valence-corrected chi connectivity index (χ4v) is 5.60. The van der Waals surface area contributed by atoms with Crippen LogP contribution in [0.3, 0.4) is 0 Å². The lowest BCUT2D eigenvalue weighted by Gasteiger charge is -2.26. The molecule has 0 radical (unpaired) electrons. The van der Waals surface area contributed by atoms with Crippen molar-refractivity contribution in [1.29, 1.82) is 0 Å². The second kappa shape index (κ2) is 11.7. The third kappa shape index (κ3) is 6.71. The van der Waals surface area contributed by atoms with Crippen LogP contribution in [0.25, 0.3) is 0 Å². The van der Waals surface area contributed by atoms with Gasteiger partial charge in [0.1, 0.15) is 5.75 Å². The van der Waals surface area contributed by atoms with Crippen molar-refractivity contribution in [2.75, 3.05) is 45.7 Å². The molecule has 2 aromatic carbocycles. The van der Waals surface area contributed by atoms with Gasteiger partial charge < -0.3 is 14.8 Å². The molecule has 0 unspecified atom stereocenters. The number of sulfonamides is 1. The van der Waals surface area contributed by atoms with Gasteiger partial charge in [0, 0.05) is 36.7 Å². The SMILES string of the molecule is COc1ccc(S(=O)(=O)N2CCOCC2)cc1CCC(=O)NCCSc1ccc(C)cc1. The summed E-state index contributed by atoms with van der Waals surface area (Å²) in [7, 11) is -2.06. The molecule has 0 saturated carbocycles. The van der Waals surface area contributed by atoms with Crippen LogP contribution in [0.4, 0.5) is 0 Å². The van der Waals surface area contributed by atoms with Gasteiger partial charge in [-0.15, -0.1) is 11.8 Å². The van der Waals surface area contributed by atoms with E-state index in [1.807, 2.05) is 0 Å². The molecule has 1 N–H and O–H groups in total. The van der Waals surface area contributed by atoms with Crippen LogP contribution in [-0.2, 0) is 26.0 Å². The quantitative estimate of drug-likeness (QED) is 0.418. The van der Waals surface area contributed by atoms with Crippen molar-refractivity contribution in [2.45, 2.75) is 29.6 Å². The van der Waals surface area contributed by atoms with Crippen molar-refractivity contribution < 1.29 is 22.7 Å². The summed E-state index contributed by atoms with van der Waals surface area (Å²) in [4.78, 5) is 13.7. The van der Waals surface area contributed by atoms with E-state index in [1.54, 1.807) is 30.0 Å². The fraction of sp³-hybridized carbons (Fsp3) is 0.435. The second-order valence-electron chi connectivity index (χ2n) is 7.50. The number of nitrogens with one attached hydrogen (secondary N) is 1. The van der Waals surface area contributed by atoms with E-state index in [0.717, 1.165) is 5.75 Å². The fourth-order valence-electron chi connectivity index (χ4n) is 3.38. The first-order valence-corrected chi connectivity index (χ1v) is 13.0. The lowest BCUT2D eigenvalue weighted by Crippen LogP contribution is -2.40. The predicted octanol–water partition coefficient (Wildman–Crippen LogP) is 2.87. The molecule has 1 aliphatic heterocycles. The molecule has 0 spiro atoms. The molecule has 3 rings (SSSR count). The summed E-state index contributed by atoms with van der Waals surface area (Å²) in [5.74, 6) is 1.29. The minimum Gasteiger partial charge on any atom is -0.496 e. The zero-order valence-electron chi connectivity index (χ0n) is 18.5. The van der Waals surface area contributed by atoms with E-state index < -0.39 is 10.0 Å². The summed E-state index contributed by atoms with van der Waals surface area (Å²) in [6.07, 6.45) is 0.652. The van der Waals surface area contributed by atoms with Crippen molar-refractivity contribution in [3.8, 4) is 5.75 Å². The maximum Gasteiger partial charge on any atom is 0.243 e. The Bertz CT molecular complexity index is 1000. The van der Waals surface area contributed by atoms with Crippen LogP contribution in [0, 0.1) is 6.92 Å². The number of morpholine rings is 1. The van der Waals surface area contributed by atoms with E-state index in [9.17, 15) is 13.2 Å². The standard InChI is InChI=1S/C23H30N2O5S2/c1-18-3-6-20(7-4-18)31-16-11-24-23(26)10-5-19-17-21(8-9-22(19)29-2)32(27,28)25-12-14-30-15-13-25/h3-4,6-9,17H,5,10-16H2,1-2H3,(H,24,26). The van der Waals surface area contributed by atoms with Crippen LogP contribution in [0.5, 0.6) is 5.75 Å². The Morgan fingerprint density at radius 2 is 1.88 bits per heavy atom. The molecule has 0 aliphatic carbocycles. The van der Waals surface area contributed by atoms with Crippen LogP contribution in [0.15, 0.2) is 52.3 Å². The van der Waals surface area contributed by atoms with E-state index in [0.29, 0.717) is 50.6 Å². The van der Waals surface area contributed by atoms with Gasteiger partial charge in [0.15, 0.2) is 0 Å². The van der Waals surface area contributed by atoms with Crippen LogP contribution in [0.2, 0.25) is 0 Å². The number of thioether (sulfide) groups is 1. The summed E-state index contributed by atoms with van der Waals surface area (Å²) in [5, 5.41) is 2.93. The third-order valence-corrected chi connectivity index (χ3v) is 8.10. The van der Waals surface area contributed by atoms with Gasteiger partial charge in [-0.1, -0.05) is 17.7 Å². The van der Waals surface area contributed by atoms with Crippen LogP contribution < -0.4 is 10.1 Å². The molecule has 1 heterocycles. The van der Waals surface area contributed by atoms with E-state index in [2.05, 4.69) is 36.5 Å². The molecule has 1 amide bonds. The van der Waals surface area contributed by atoms with E-state index in [1.165, 1.54) is 21.9 Å². The zero-order chi connectivity index (χ0) is 23.0. The smallest absolute Gasteiger partial charge is 0.243 e.